The maximum atomic E-state index is 6.15. The fraction of sp³-hybridized carbons (Fsp3) is 0.625. The molecular weight excluding hydrogens is 220 g/mol. The van der Waals surface area contributed by atoms with Crippen LogP contribution < -0.4 is 11.1 Å². The first kappa shape index (κ1) is 15.2. The van der Waals surface area contributed by atoms with Crippen molar-refractivity contribution in [2.24, 2.45) is 17.1 Å². The number of hydrogen-bond acceptors (Lipinski definition) is 2. The lowest BCUT2D eigenvalue weighted by Gasteiger charge is -2.30. The van der Waals surface area contributed by atoms with Crippen molar-refractivity contribution in [3.05, 3.63) is 35.9 Å². The second kappa shape index (κ2) is 6.91. The summed E-state index contributed by atoms with van der Waals surface area (Å²) in [5.74, 6) is 0.676. The van der Waals surface area contributed by atoms with E-state index in [1.165, 1.54) is 5.56 Å². The Morgan fingerprint density at radius 1 is 1.17 bits per heavy atom. The third kappa shape index (κ3) is 5.19. The Labute approximate surface area is 112 Å². The van der Waals surface area contributed by atoms with E-state index in [1.54, 1.807) is 0 Å². The van der Waals surface area contributed by atoms with E-state index in [0.29, 0.717) is 11.3 Å². The molecule has 1 rings (SSSR count). The van der Waals surface area contributed by atoms with Gasteiger partial charge < -0.3 is 11.1 Å². The Morgan fingerprint density at radius 3 is 2.33 bits per heavy atom. The van der Waals surface area contributed by atoms with E-state index in [-0.39, 0.29) is 6.04 Å². The lowest BCUT2D eigenvalue weighted by atomic mass is 9.81. The Hall–Kier alpha value is -0.860. The highest BCUT2D eigenvalue weighted by atomic mass is 14.9. The summed E-state index contributed by atoms with van der Waals surface area (Å²) in [4.78, 5) is 0. The van der Waals surface area contributed by atoms with Gasteiger partial charge in [-0.05, 0) is 23.3 Å². The van der Waals surface area contributed by atoms with Crippen molar-refractivity contribution in [2.45, 2.75) is 40.2 Å². The molecule has 102 valence electrons. The molecule has 0 amide bonds. The van der Waals surface area contributed by atoms with E-state index in [9.17, 15) is 0 Å². The largest absolute Gasteiger partial charge is 0.326 e. The average molecular weight is 248 g/mol. The van der Waals surface area contributed by atoms with Gasteiger partial charge in [-0.3, -0.25) is 0 Å². The van der Waals surface area contributed by atoms with E-state index in [4.69, 9.17) is 5.73 Å². The van der Waals surface area contributed by atoms with Gasteiger partial charge in [0, 0.05) is 19.1 Å². The summed E-state index contributed by atoms with van der Waals surface area (Å²) in [5.41, 5.74) is 7.79. The normalized spacial score (nSPS) is 13.9. The van der Waals surface area contributed by atoms with Crippen LogP contribution in [0.5, 0.6) is 0 Å². The van der Waals surface area contributed by atoms with Gasteiger partial charge in [-0.25, -0.2) is 0 Å². The molecule has 0 aromatic heterocycles. The monoisotopic (exact) mass is 248 g/mol. The van der Waals surface area contributed by atoms with Gasteiger partial charge in [-0.15, -0.1) is 0 Å². The standard InChI is InChI=1S/C16H28N2/c1-13(2)16(3,4)12-18-11-15(17)10-14-8-6-5-7-9-14/h5-9,13,15,18H,10-12,17H2,1-4H3. The molecule has 0 spiro atoms. The van der Waals surface area contributed by atoms with Crippen LogP contribution in [0.1, 0.15) is 33.3 Å². The molecular formula is C16H28N2. The van der Waals surface area contributed by atoms with Crippen molar-refractivity contribution in [1.82, 2.24) is 5.32 Å². The smallest absolute Gasteiger partial charge is 0.0206 e. The number of nitrogens with one attached hydrogen (secondary N) is 1. The summed E-state index contributed by atoms with van der Waals surface area (Å²) in [6.07, 6.45) is 0.940. The first-order valence-corrected chi connectivity index (χ1v) is 6.92. The maximum Gasteiger partial charge on any atom is 0.0206 e. The topological polar surface area (TPSA) is 38.0 Å². The molecule has 2 heteroatoms. The molecule has 0 fully saturated rings. The zero-order chi connectivity index (χ0) is 13.6. The zero-order valence-electron chi connectivity index (χ0n) is 12.2. The molecule has 0 aliphatic carbocycles. The van der Waals surface area contributed by atoms with Crippen LogP contribution in [-0.2, 0) is 6.42 Å². The molecule has 0 saturated heterocycles. The van der Waals surface area contributed by atoms with Gasteiger partial charge in [0.2, 0.25) is 0 Å². The molecule has 1 atom stereocenters. The molecule has 18 heavy (non-hydrogen) atoms. The van der Waals surface area contributed by atoms with E-state index >= 15 is 0 Å². The summed E-state index contributed by atoms with van der Waals surface area (Å²) < 4.78 is 0. The van der Waals surface area contributed by atoms with Gasteiger partial charge >= 0.3 is 0 Å². The van der Waals surface area contributed by atoms with Gasteiger partial charge in [0.1, 0.15) is 0 Å². The molecule has 0 saturated carbocycles. The predicted molar refractivity (Wildman–Crippen MR) is 79.6 cm³/mol. The van der Waals surface area contributed by atoms with Crippen LogP contribution in [0.15, 0.2) is 30.3 Å². The van der Waals surface area contributed by atoms with Crippen molar-refractivity contribution in [3.63, 3.8) is 0 Å². The lowest BCUT2D eigenvalue weighted by Crippen LogP contribution is -2.41. The second-order valence-corrected chi connectivity index (χ2v) is 6.22. The Bertz CT molecular complexity index is 330. The van der Waals surface area contributed by atoms with Crippen molar-refractivity contribution in [2.75, 3.05) is 13.1 Å². The zero-order valence-corrected chi connectivity index (χ0v) is 12.2. The van der Waals surface area contributed by atoms with Crippen molar-refractivity contribution in [1.29, 1.82) is 0 Å². The van der Waals surface area contributed by atoms with E-state index in [0.717, 1.165) is 19.5 Å². The molecule has 3 N–H and O–H groups in total. The minimum absolute atomic E-state index is 0.190. The summed E-state index contributed by atoms with van der Waals surface area (Å²) in [5, 5.41) is 3.50. The highest BCUT2D eigenvalue weighted by Gasteiger charge is 2.21. The first-order valence-electron chi connectivity index (χ1n) is 6.92. The molecule has 1 aromatic carbocycles. The number of nitrogens with two attached hydrogens (primary N) is 1. The van der Waals surface area contributed by atoms with E-state index in [1.807, 2.05) is 6.07 Å². The summed E-state index contributed by atoms with van der Waals surface area (Å²) in [6.45, 7) is 11.0. The Balaban J connectivity index is 2.28. The molecule has 2 nitrogen and oxygen atoms in total. The van der Waals surface area contributed by atoms with Gasteiger partial charge in [0.05, 0.1) is 0 Å². The van der Waals surface area contributed by atoms with E-state index in [2.05, 4.69) is 57.3 Å². The molecule has 0 bridgehead atoms. The van der Waals surface area contributed by atoms with Crippen LogP contribution >= 0.6 is 0 Å². The van der Waals surface area contributed by atoms with Crippen molar-refractivity contribution < 1.29 is 0 Å². The SMILES string of the molecule is CC(C)C(C)(C)CNCC(N)Cc1ccccc1. The average Bonchev–Trinajstić information content (AvgIpc) is 2.29. The summed E-state index contributed by atoms with van der Waals surface area (Å²) >= 11 is 0. The predicted octanol–water partition coefficient (Wildman–Crippen LogP) is 2.83. The van der Waals surface area contributed by atoms with Crippen LogP contribution in [-0.4, -0.2) is 19.1 Å². The van der Waals surface area contributed by atoms with Crippen LogP contribution in [0.2, 0.25) is 0 Å². The van der Waals surface area contributed by atoms with Crippen LogP contribution in [0.25, 0.3) is 0 Å². The number of rotatable bonds is 7. The molecule has 1 unspecified atom stereocenters. The number of benzene rings is 1. The first-order chi connectivity index (χ1) is 8.42. The second-order valence-electron chi connectivity index (χ2n) is 6.22. The van der Waals surface area contributed by atoms with Crippen LogP contribution in [0, 0.1) is 11.3 Å². The van der Waals surface area contributed by atoms with Crippen molar-refractivity contribution >= 4 is 0 Å². The lowest BCUT2D eigenvalue weighted by molar-refractivity contribution is 0.237. The van der Waals surface area contributed by atoms with Gasteiger partial charge in [-0.2, -0.15) is 0 Å². The molecule has 0 heterocycles. The Morgan fingerprint density at radius 2 is 1.78 bits per heavy atom. The Kier molecular flexibility index (Phi) is 5.83. The minimum Gasteiger partial charge on any atom is -0.326 e. The van der Waals surface area contributed by atoms with Crippen LogP contribution in [0.4, 0.5) is 0 Å². The maximum absolute atomic E-state index is 6.15. The van der Waals surface area contributed by atoms with Crippen molar-refractivity contribution in [3.8, 4) is 0 Å². The summed E-state index contributed by atoms with van der Waals surface area (Å²) in [7, 11) is 0. The third-order valence-corrected chi connectivity index (χ3v) is 3.89. The molecule has 0 radical (unpaired) electrons. The van der Waals surface area contributed by atoms with Crippen LogP contribution in [0.3, 0.4) is 0 Å². The highest BCUT2D eigenvalue weighted by Crippen LogP contribution is 2.24. The summed E-state index contributed by atoms with van der Waals surface area (Å²) in [6, 6.07) is 10.6. The third-order valence-electron chi connectivity index (χ3n) is 3.89. The fourth-order valence-corrected chi connectivity index (χ4v) is 1.77. The quantitative estimate of drug-likeness (QED) is 0.778. The molecule has 1 aromatic rings. The fourth-order valence-electron chi connectivity index (χ4n) is 1.77. The van der Waals surface area contributed by atoms with Gasteiger partial charge in [0.25, 0.3) is 0 Å². The highest BCUT2D eigenvalue weighted by molar-refractivity contribution is 5.15. The van der Waals surface area contributed by atoms with Gasteiger partial charge in [0.15, 0.2) is 0 Å². The van der Waals surface area contributed by atoms with E-state index < -0.39 is 0 Å². The molecule has 0 aliphatic heterocycles. The number of hydrogen-bond donors (Lipinski definition) is 2. The van der Waals surface area contributed by atoms with Gasteiger partial charge in [-0.1, -0.05) is 58.0 Å². The minimum atomic E-state index is 0.190. The molecule has 0 aliphatic rings.